The Labute approximate surface area is 125 Å². The summed E-state index contributed by atoms with van der Waals surface area (Å²) in [6.45, 7) is 7.73. The number of anilines is 1. The molecule has 112 valence electrons. The van der Waals surface area contributed by atoms with Crippen LogP contribution in [-0.4, -0.2) is 32.1 Å². The van der Waals surface area contributed by atoms with Gasteiger partial charge in [-0.25, -0.2) is 0 Å². The van der Waals surface area contributed by atoms with Crippen molar-refractivity contribution < 1.29 is 4.79 Å². The van der Waals surface area contributed by atoms with Gasteiger partial charge in [-0.05, 0) is 30.2 Å². The molecule has 1 aliphatic heterocycles. The van der Waals surface area contributed by atoms with E-state index in [9.17, 15) is 10.1 Å². The van der Waals surface area contributed by atoms with Crippen LogP contribution in [0.25, 0.3) is 0 Å². The van der Waals surface area contributed by atoms with Gasteiger partial charge in [0.2, 0.25) is 5.91 Å². The third kappa shape index (κ3) is 4.20. The number of piperazine rings is 1. The quantitative estimate of drug-likeness (QED) is 0.854. The molecule has 0 atom stereocenters. The Hall–Kier alpha value is -2.06. The molecule has 0 saturated carbocycles. The highest BCUT2D eigenvalue weighted by Gasteiger charge is 2.19. The maximum absolute atomic E-state index is 11.5. The lowest BCUT2D eigenvalue weighted by Gasteiger charge is -2.29. The number of nitriles is 1. The molecule has 0 aliphatic carbocycles. The van der Waals surface area contributed by atoms with Gasteiger partial charge >= 0.3 is 0 Å². The summed E-state index contributed by atoms with van der Waals surface area (Å²) in [5, 5.41) is 15.5. The Morgan fingerprint density at radius 2 is 2.29 bits per heavy atom. The molecule has 1 saturated heterocycles. The van der Waals surface area contributed by atoms with Crippen LogP contribution in [0.5, 0.6) is 0 Å². The Kier molecular flexibility index (Phi) is 5.18. The topological polar surface area (TPSA) is 68.2 Å². The molecule has 0 aromatic heterocycles. The van der Waals surface area contributed by atoms with Crippen LogP contribution in [0.2, 0.25) is 0 Å². The minimum atomic E-state index is 0.00724. The summed E-state index contributed by atoms with van der Waals surface area (Å²) in [4.78, 5) is 13.4. The van der Waals surface area contributed by atoms with Crippen molar-refractivity contribution in [3.05, 3.63) is 29.3 Å². The molecule has 0 spiro atoms. The number of nitrogens with one attached hydrogen (secondary N) is 2. The van der Waals surface area contributed by atoms with Crippen LogP contribution in [-0.2, 0) is 11.3 Å². The first kappa shape index (κ1) is 15.3. The second-order valence-electron chi connectivity index (χ2n) is 5.76. The van der Waals surface area contributed by atoms with E-state index in [2.05, 4.69) is 30.6 Å². The molecule has 0 unspecified atom stereocenters. The smallest absolute Gasteiger partial charge is 0.239 e. The molecule has 1 aliphatic rings. The number of carbonyl (C=O) groups excluding carboxylic acids is 1. The molecule has 0 radical (unpaired) electrons. The summed E-state index contributed by atoms with van der Waals surface area (Å²) in [7, 11) is 0. The van der Waals surface area contributed by atoms with Crippen molar-refractivity contribution in [1.29, 1.82) is 5.26 Å². The lowest BCUT2D eigenvalue weighted by Crippen LogP contribution is -2.47. The van der Waals surface area contributed by atoms with Crippen molar-refractivity contribution in [2.45, 2.75) is 20.4 Å². The van der Waals surface area contributed by atoms with Crippen molar-refractivity contribution in [2.75, 3.05) is 31.1 Å². The van der Waals surface area contributed by atoms with Crippen LogP contribution >= 0.6 is 0 Å². The van der Waals surface area contributed by atoms with Crippen molar-refractivity contribution in [2.24, 2.45) is 5.92 Å². The molecule has 2 N–H and O–H groups in total. The Bertz CT molecular complexity index is 548. The molecule has 1 amide bonds. The summed E-state index contributed by atoms with van der Waals surface area (Å²) in [6.07, 6.45) is 0. The van der Waals surface area contributed by atoms with Gasteiger partial charge in [0.1, 0.15) is 6.07 Å². The molecule has 1 fully saturated rings. The highest BCUT2D eigenvalue weighted by atomic mass is 16.2. The number of carbonyl (C=O) groups is 1. The molecule has 1 aromatic rings. The first-order chi connectivity index (χ1) is 10.1. The Morgan fingerprint density at radius 3 is 2.95 bits per heavy atom. The maximum Gasteiger partial charge on any atom is 0.239 e. The molecular formula is C16H22N4O. The van der Waals surface area contributed by atoms with Crippen LogP contribution in [0, 0.1) is 17.2 Å². The summed E-state index contributed by atoms with van der Waals surface area (Å²) in [6, 6.07) is 8.13. The fourth-order valence-electron chi connectivity index (χ4n) is 2.41. The molecule has 5 nitrogen and oxygen atoms in total. The van der Waals surface area contributed by atoms with Gasteiger partial charge in [-0.2, -0.15) is 5.26 Å². The third-order valence-corrected chi connectivity index (χ3v) is 3.44. The average Bonchev–Trinajstić information content (AvgIpc) is 2.46. The minimum Gasteiger partial charge on any atom is -0.359 e. The predicted molar refractivity (Wildman–Crippen MR) is 82.9 cm³/mol. The van der Waals surface area contributed by atoms with Crippen molar-refractivity contribution in [3.63, 3.8) is 0 Å². The zero-order chi connectivity index (χ0) is 15.2. The van der Waals surface area contributed by atoms with Crippen LogP contribution in [0.1, 0.15) is 25.0 Å². The summed E-state index contributed by atoms with van der Waals surface area (Å²) >= 11 is 0. The van der Waals surface area contributed by atoms with E-state index in [4.69, 9.17) is 0 Å². The van der Waals surface area contributed by atoms with Gasteiger partial charge in [0.25, 0.3) is 0 Å². The number of amides is 1. The molecule has 2 rings (SSSR count). The van der Waals surface area contributed by atoms with Gasteiger partial charge < -0.3 is 15.5 Å². The van der Waals surface area contributed by atoms with Gasteiger partial charge in [0, 0.05) is 19.6 Å². The van der Waals surface area contributed by atoms with E-state index in [1.807, 2.05) is 23.1 Å². The Balaban J connectivity index is 2.09. The van der Waals surface area contributed by atoms with E-state index in [1.165, 1.54) is 0 Å². The monoisotopic (exact) mass is 286 g/mol. The molecular weight excluding hydrogens is 264 g/mol. The molecule has 21 heavy (non-hydrogen) atoms. The number of hydrogen-bond donors (Lipinski definition) is 2. The fourth-order valence-corrected chi connectivity index (χ4v) is 2.41. The largest absolute Gasteiger partial charge is 0.359 e. The minimum absolute atomic E-state index is 0.00724. The molecule has 1 aromatic carbocycles. The summed E-state index contributed by atoms with van der Waals surface area (Å²) < 4.78 is 0. The van der Waals surface area contributed by atoms with Gasteiger partial charge in [0.15, 0.2) is 0 Å². The lowest BCUT2D eigenvalue weighted by molar-refractivity contribution is -0.120. The Morgan fingerprint density at radius 1 is 1.48 bits per heavy atom. The summed E-state index contributed by atoms with van der Waals surface area (Å²) in [5.74, 6) is 0.611. The van der Waals surface area contributed by atoms with Crippen LogP contribution in [0.3, 0.4) is 0 Å². The van der Waals surface area contributed by atoms with E-state index in [1.54, 1.807) is 0 Å². The van der Waals surface area contributed by atoms with E-state index in [0.717, 1.165) is 30.9 Å². The maximum atomic E-state index is 11.5. The number of hydrogen-bond acceptors (Lipinski definition) is 4. The highest BCUT2D eigenvalue weighted by molar-refractivity contribution is 5.83. The van der Waals surface area contributed by atoms with E-state index in [-0.39, 0.29) is 5.91 Å². The first-order valence-corrected chi connectivity index (χ1v) is 7.35. The number of nitrogens with zero attached hydrogens (tertiary/aromatic N) is 2. The average molecular weight is 286 g/mol. The second kappa shape index (κ2) is 7.09. The standard InChI is InChI=1S/C16H22N4O/c1-12(2)9-18-10-13-3-4-15(14(7-13)8-17)20-6-5-19-16(21)11-20/h3-4,7,12,18H,5-6,9-11H2,1-2H3,(H,19,21). The van der Waals surface area contributed by atoms with Crippen LogP contribution in [0.4, 0.5) is 5.69 Å². The van der Waals surface area contributed by atoms with Crippen molar-refractivity contribution in [1.82, 2.24) is 10.6 Å². The van der Waals surface area contributed by atoms with Gasteiger partial charge in [-0.1, -0.05) is 19.9 Å². The normalized spacial score (nSPS) is 15.0. The van der Waals surface area contributed by atoms with Crippen molar-refractivity contribution >= 4 is 11.6 Å². The van der Waals surface area contributed by atoms with Crippen molar-refractivity contribution in [3.8, 4) is 6.07 Å². The van der Waals surface area contributed by atoms with Crippen LogP contribution < -0.4 is 15.5 Å². The predicted octanol–water partition coefficient (Wildman–Crippen LogP) is 1.24. The van der Waals surface area contributed by atoms with Gasteiger partial charge in [-0.3, -0.25) is 4.79 Å². The van der Waals surface area contributed by atoms with E-state index in [0.29, 0.717) is 24.6 Å². The SMILES string of the molecule is CC(C)CNCc1ccc(N2CCNC(=O)C2)c(C#N)c1. The number of rotatable bonds is 5. The molecule has 1 heterocycles. The van der Waals surface area contributed by atoms with Gasteiger partial charge in [-0.15, -0.1) is 0 Å². The van der Waals surface area contributed by atoms with E-state index >= 15 is 0 Å². The van der Waals surface area contributed by atoms with Gasteiger partial charge in [0.05, 0.1) is 17.8 Å². The van der Waals surface area contributed by atoms with E-state index < -0.39 is 0 Å². The van der Waals surface area contributed by atoms with Crippen LogP contribution in [0.15, 0.2) is 18.2 Å². The molecule has 5 heteroatoms. The third-order valence-electron chi connectivity index (χ3n) is 3.44. The fraction of sp³-hybridized carbons (Fsp3) is 0.500. The lowest BCUT2D eigenvalue weighted by atomic mass is 10.1. The second-order valence-corrected chi connectivity index (χ2v) is 5.76. The zero-order valence-corrected chi connectivity index (χ0v) is 12.6. The molecule has 0 bridgehead atoms. The highest BCUT2D eigenvalue weighted by Crippen LogP contribution is 2.22. The summed E-state index contributed by atoms with van der Waals surface area (Å²) in [5.41, 5.74) is 2.57. The zero-order valence-electron chi connectivity index (χ0n) is 12.6. The first-order valence-electron chi connectivity index (χ1n) is 7.35. The number of benzene rings is 1.